The van der Waals surface area contributed by atoms with Crippen LogP contribution in [0.4, 0.5) is 5.00 Å². The number of hydrogen-bond donors (Lipinski definition) is 1. The number of anilines is 1. The highest BCUT2D eigenvalue weighted by Gasteiger charge is 2.25. The fourth-order valence-corrected chi connectivity index (χ4v) is 3.81. The molecule has 0 saturated heterocycles. The fraction of sp³-hybridized carbons (Fsp3) is 0.235. The Balaban J connectivity index is 2.44. The predicted octanol–water partition coefficient (Wildman–Crippen LogP) is 4.99. The van der Waals surface area contributed by atoms with Gasteiger partial charge in [-0.2, -0.15) is 0 Å². The van der Waals surface area contributed by atoms with Crippen LogP contribution >= 0.6 is 34.5 Å². The van der Waals surface area contributed by atoms with Crippen molar-refractivity contribution in [1.82, 2.24) is 0 Å². The summed E-state index contributed by atoms with van der Waals surface area (Å²) < 4.78 is 5.03. The van der Waals surface area contributed by atoms with Crippen LogP contribution in [0.2, 0.25) is 10.0 Å². The summed E-state index contributed by atoms with van der Waals surface area (Å²) in [7, 11) is 0. The molecule has 1 heterocycles. The smallest absolute Gasteiger partial charge is 0.341 e. The van der Waals surface area contributed by atoms with Crippen LogP contribution in [-0.2, 0) is 4.74 Å². The van der Waals surface area contributed by atoms with Crippen LogP contribution < -0.4 is 5.32 Å². The van der Waals surface area contributed by atoms with Gasteiger partial charge in [-0.15, -0.1) is 11.3 Å². The molecule has 0 saturated carbocycles. The Kier molecular flexibility index (Phi) is 6.21. The van der Waals surface area contributed by atoms with E-state index in [1.54, 1.807) is 13.8 Å². The second-order valence-corrected chi connectivity index (χ2v) is 6.98. The zero-order chi connectivity index (χ0) is 18.7. The maximum Gasteiger partial charge on any atom is 0.341 e. The third-order valence-electron chi connectivity index (χ3n) is 3.35. The summed E-state index contributed by atoms with van der Waals surface area (Å²) in [4.78, 5) is 36.9. The van der Waals surface area contributed by atoms with Crippen LogP contribution in [0, 0.1) is 6.92 Å². The van der Waals surface area contributed by atoms with Crippen molar-refractivity contribution in [3.63, 3.8) is 0 Å². The van der Waals surface area contributed by atoms with Crippen molar-refractivity contribution < 1.29 is 19.1 Å². The zero-order valence-corrected chi connectivity index (χ0v) is 16.1. The van der Waals surface area contributed by atoms with E-state index in [-0.39, 0.29) is 33.5 Å². The number of carbonyl (C=O) groups excluding carboxylic acids is 3. The van der Waals surface area contributed by atoms with Gasteiger partial charge in [-0.3, -0.25) is 9.59 Å². The van der Waals surface area contributed by atoms with E-state index in [1.807, 2.05) is 0 Å². The number of Topliss-reactive ketones (excluding diaryl/α,β-unsaturated/α-hetero) is 1. The number of benzene rings is 1. The van der Waals surface area contributed by atoms with Gasteiger partial charge in [0, 0.05) is 5.02 Å². The number of halogens is 2. The highest BCUT2D eigenvalue weighted by Crippen LogP contribution is 2.35. The Bertz CT molecular complexity index is 861. The molecule has 1 aromatic heterocycles. The summed E-state index contributed by atoms with van der Waals surface area (Å²) in [6.45, 7) is 4.90. The molecule has 0 bridgehead atoms. The number of thiophene rings is 1. The minimum Gasteiger partial charge on any atom is -0.462 e. The number of amides is 1. The van der Waals surface area contributed by atoms with Gasteiger partial charge in [0.05, 0.1) is 27.6 Å². The highest BCUT2D eigenvalue weighted by atomic mass is 35.5. The first-order valence-electron chi connectivity index (χ1n) is 7.34. The Hall–Kier alpha value is -1.89. The molecule has 2 rings (SSSR count). The Morgan fingerprint density at radius 1 is 1.24 bits per heavy atom. The second kappa shape index (κ2) is 7.99. The molecule has 0 spiro atoms. The maximum atomic E-state index is 12.5. The second-order valence-electron chi connectivity index (χ2n) is 5.12. The first-order chi connectivity index (χ1) is 11.8. The van der Waals surface area contributed by atoms with E-state index >= 15 is 0 Å². The van der Waals surface area contributed by atoms with E-state index in [9.17, 15) is 14.4 Å². The van der Waals surface area contributed by atoms with Crippen LogP contribution in [0.15, 0.2) is 18.2 Å². The van der Waals surface area contributed by atoms with Gasteiger partial charge in [-0.1, -0.05) is 23.2 Å². The quantitative estimate of drug-likeness (QED) is 0.567. The molecule has 1 N–H and O–H groups in total. The van der Waals surface area contributed by atoms with Gasteiger partial charge < -0.3 is 10.1 Å². The highest BCUT2D eigenvalue weighted by molar-refractivity contribution is 7.18. The Labute approximate surface area is 158 Å². The van der Waals surface area contributed by atoms with Crippen molar-refractivity contribution in [2.45, 2.75) is 20.8 Å². The molecular formula is C17H15Cl2NO4S. The number of rotatable bonds is 5. The van der Waals surface area contributed by atoms with Crippen LogP contribution in [0.25, 0.3) is 0 Å². The van der Waals surface area contributed by atoms with Gasteiger partial charge in [0.15, 0.2) is 5.78 Å². The van der Waals surface area contributed by atoms with Crippen LogP contribution in [-0.4, -0.2) is 24.3 Å². The summed E-state index contributed by atoms with van der Waals surface area (Å²) in [5.74, 6) is -1.30. The number of ketones is 1. The van der Waals surface area contributed by atoms with Crippen molar-refractivity contribution in [3.8, 4) is 0 Å². The normalized spacial score (nSPS) is 10.4. The summed E-state index contributed by atoms with van der Waals surface area (Å²) in [6, 6.07) is 4.47. The van der Waals surface area contributed by atoms with E-state index in [0.29, 0.717) is 15.5 Å². The molecule has 1 aromatic carbocycles. The molecule has 132 valence electrons. The molecule has 0 radical (unpaired) electrons. The molecule has 0 aliphatic carbocycles. The molecule has 8 heteroatoms. The third kappa shape index (κ3) is 4.21. The van der Waals surface area contributed by atoms with E-state index < -0.39 is 11.9 Å². The molecular weight excluding hydrogens is 385 g/mol. The fourth-order valence-electron chi connectivity index (χ4n) is 2.23. The first kappa shape index (κ1) is 19.4. The maximum absolute atomic E-state index is 12.5. The number of nitrogens with one attached hydrogen (secondary N) is 1. The minimum absolute atomic E-state index is 0.176. The molecule has 1 amide bonds. The molecule has 5 nitrogen and oxygen atoms in total. The standard InChI is InChI=1S/C17H15Cl2NO4S/c1-4-24-17(23)13-8(2)14(9(3)21)25-16(13)20-15(22)11-6-5-10(18)7-12(11)19/h5-7H,4H2,1-3H3,(H,20,22). The van der Waals surface area contributed by atoms with E-state index in [4.69, 9.17) is 27.9 Å². The van der Waals surface area contributed by atoms with Gasteiger partial charge in [0.25, 0.3) is 5.91 Å². The van der Waals surface area contributed by atoms with E-state index in [1.165, 1.54) is 25.1 Å². The third-order valence-corrected chi connectivity index (χ3v) is 5.20. The largest absolute Gasteiger partial charge is 0.462 e. The number of carbonyl (C=O) groups is 3. The molecule has 25 heavy (non-hydrogen) atoms. The molecule has 0 aliphatic rings. The van der Waals surface area contributed by atoms with Crippen molar-refractivity contribution >= 4 is 57.2 Å². The zero-order valence-electron chi connectivity index (χ0n) is 13.7. The SMILES string of the molecule is CCOC(=O)c1c(NC(=O)c2ccc(Cl)cc2Cl)sc(C(C)=O)c1C. The minimum atomic E-state index is -0.596. The van der Waals surface area contributed by atoms with Gasteiger partial charge in [-0.05, 0) is 44.5 Å². The Morgan fingerprint density at radius 3 is 2.48 bits per heavy atom. The lowest BCUT2D eigenvalue weighted by Crippen LogP contribution is -2.15. The van der Waals surface area contributed by atoms with Crippen molar-refractivity contribution in [2.75, 3.05) is 11.9 Å². The van der Waals surface area contributed by atoms with Crippen LogP contribution in [0.3, 0.4) is 0 Å². The molecule has 0 atom stereocenters. The van der Waals surface area contributed by atoms with Gasteiger partial charge in [-0.25, -0.2) is 4.79 Å². The average molecular weight is 400 g/mol. The van der Waals surface area contributed by atoms with Crippen molar-refractivity contribution in [2.24, 2.45) is 0 Å². The summed E-state index contributed by atoms with van der Waals surface area (Å²) in [6.07, 6.45) is 0. The number of ether oxygens (including phenoxy) is 1. The molecule has 0 unspecified atom stereocenters. The summed E-state index contributed by atoms with van der Waals surface area (Å²) >= 11 is 12.9. The van der Waals surface area contributed by atoms with Crippen molar-refractivity contribution in [1.29, 1.82) is 0 Å². The lowest BCUT2D eigenvalue weighted by molar-refractivity contribution is 0.0527. The van der Waals surface area contributed by atoms with Gasteiger partial charge >= 0.3 is 5.97 Å². The summed E-state index contributed by atoms with van der Waals surface area (Å²) in [5, 5.41) is 3.47. The summed E-state index contributed by atoms with van der Waals surface area (Å²) in [5.41, 5.74) is 0.861. The number of esters is 1. The Morgan fingerprint density at radius 2 is 1.92 bits per heavy atom. The van der Waals surface area contributed by atoms with E-state index in [0.717, 1.165) is 11.3 Å². The molecule has 2 aromatic rings. The van der Waals surface area contributed by atoms with E-state index in [2.05, 4.69) is 5.32 Å². The average Bonchev–Trinajstić information content (AvgIpc) is 2.83. The van der Waals surface area contributed by atoms with Gasteiger partial charge in [0.2, 0.25) is 0 Å². The van der Waals surface area contributed by atoms with Crippen LogP contribution in [0.1, 0.15) is 49.8 Å². The lowest BCUT2D eigenvalue weighted by atomic mass is 10.1. The monoisotopic (exact) mass is 399 g/mol. The topological polar surface area (TPSA) is 72.5 Å². The predicted molar refractivity (Wildman–Crippen MR) is 99.4 cm³/mol. The lowest BCUT2D eigenvalue weighted by Gasteiger charge is -2.08. The van der Waals surface area contributed by atoms with Gasteiger partial charge in [0.1, 0.15) is 5.00 Å². The number of hydrogen-bond acceptors (Lipinski definition) is 5. The molecule has 0 fully saturated rings. The first-order valence-corrected chi connectivity index (χ1v) is 8.91. The van der Waals surface area contributed by atoms with Crippen LogP contribution in [0.5, 0.6) is 0 Å². The molecule has 0 aliphatic heterocycles. The van der Waals surface area contributed by atoms with Crippen molar-refractivity contribution in [3.05, 3.63) is 49.8 Å².